The third-order valence-electron chi connectivity index (χ3n) is 6.10. The fourth-order valence-corrected chi connectivity index (χ4v) is 4.32. The summed E-state index contributed by atoms with van der Waals surface area (Å²) in [7, 11) is 1.55. The number of H-pyrrole nitrogens is 1. The van der Waals surface area contributed by atoms with Crippen LogP contribution in [-0.2, 0) is 18.3 Å². The largest absolute Gasteiger partial charge is 0.361 e. The summed E-state index contributed by atoms with van der Waals surface area (Å²) < 4.78 is 1.20. The van der Waals surface area contributed by atoms with Crippen molar-refractivity contribution in [1.29, 1.82) is 0 Å². The number of benzene rings is 2. The van der Waals surface area contributed by atoms with Gasteiger partial charge in [0.15, 0.2) is 5.69 Å². The second kappa shape index (κ2) is 7.96. The lowest BCUT2D eigenvalue weighted by Gasteiger charge is -2.34. The molecule has 0 radical (unpaired) electrons. The number of carbonyl (C=O) groups is 2. The van der Waals surface area contributed by atoms with Gasteiger partial charge in [0.1, 0.15) is 0 Å². The van der Waals surface area contributed by atoms with E-state index in [1.54, 1.807) is 41.1 Å². The molecule has 2 aromatic carbocycles. The van der Waals surface area contributed by atoms with E-state index in [9.17, 15) is 14.4 Å². The van der Waals surface area contributed by atoms with E-state index < -0.39 is 0 Å². The van der Waals surface area contributed by atoms with Gasteiger partial charge in [-0.2, -0.15) is 5.10 Å². The molecule has 8 heteroatoms. The van der Waals surface area contributed by atoms with Crippen LogP contribution in [0.15, 0.2) is 59.5 Å². The van der Waals surface area contributed by atoms with Gasteiger partial charge in [-0.05, 0) is 17.7 Å². The monoisotopic (exact) mass is 429 g/mol. The highest BCUT2D eigenvalue weighted by atomic mass is 16.2. The fraction of sp³-hybridized carbons (Fsp3) is 0.250. The van der Waals surface area contributed by atoms with Gasteiger partial charge in [0.25, 0.3) is 11.5 Å². The zero-order valence-electron chi connectivity index (χ0n) is 17.7. The summed E-state index contributed by atoms with van der Waals surface area (Å²) in [5, 5.41) is 6.32. The molecule has 0 saturated carbocycles. The summed E-state index contributed by atoms with van der Waals surface area (Å²) >= 11 is 0. The van der Waals surface area contributed by atoms with Gasteiger partial charge in [-0.25, -0.2) is 4.68 Å². The Bertz CT molecular complexity index is 1400. The second-order valence-corrected chi connectivity index (χ2v) is 8.03. The lowest BCUT2D eigenvalue weighted by molar-refractivity contribution is -0.131. The molecule has 4 aromatic rings. The summed E-state index contributed by atoms with van der Waals surface area (Å²) in [6.45, 7) is 1.79. The number of nitrogens with one attached hydrogen (secondary N) is 1. The van der Waals surface area contributed by atoms with E-state index in [1.807, 2.05) is 30.5 Å². The molecule has 1 saturated heterocycles. The smallest absolute Gasteiger partial charge is 0.275 e. The van der Waals surface area contributed by atoms with Gasteiger partial charge in [-0.15, -0.1) is 0 Å². The summed E-state index contributed by atoms with van der Waals surface area (Å²) in [5.74, 6) is -0.173. The molecule has 2 aromatic heterocycles. The average Bonchev–Trinajstić information content (AvgIpc) is 3.24. The van der Waals surface area contributed by atoms with Crippen molar-refractivity contribution in [3.05, 3.63) is 76.3 Å². The van der Waals surface area contributed by atoms with Crippen LogP contribution >= 0.6 is 0 Å². The van der Waals surface area contributed by atoms with E-state index >= 15 is 0 Å². The first-order valence-electron chi connectivity index (χ1n) is 10.6. The Balaban J connectivity index is 1.29. The van der Waals surface area contributed by atoms with Crippen molar-refractivity contribution in [2.75, 3.05) is 26.2 Å². The number of aromatic amines is 1. The number of nitrogens with zero attached hydrogens (tertiary/aromatic N) is 4. The molecule has 0 aliphatic carbocycles. The molecule has 1 aliphatic heterocycles. The minimum Gasteiger partial charge on any atom is -0.361 e. The van der Waals surface area contributed by atoms with Crippen molar-refractivity contribution < 1.29 is 9.59 Å². The van der Waals surface area contributed by atoms with Gasteiger partial charge >= 0.3 is 0 Å². The lowest BCUT2D eigenvalue weighted by atomic mass is 10.1. The van der Waals surface area contributed by atoms with Crippen LogP contribution in [0.25, 0.3) is 21.7 Å². The molecular formula is C24H23N5O3. The van der Waals surface area contributed by atoms with E-state index in [0.29, 0.717) is 43.4 Å². The molecule has 1 aliphatic rings. The van der Waals surface area contributed by atoms with E-state index in [4.69, 9.17) is 0 Å². The van der Waals surface area contributed by atoms with Gasteiger partial charge in [0.05, 0.1) is 11.8 Å². The van der Waals surface area contributed by atoms with Crippen molar-refractivity contribution in [3.63, 3.8) is 0 Å². The first-order chi connectivity index (χ1) is 15.5. The highest BCUT2D eigenvalue weighted by Gasteiger charge is 2.27. The van der Waals surface area contributed by atoms with Crippen molar-refractivity contribution in [3.8, 4) is 0 Å². The molecule has 0 bridgehead atoms. The molecule has 1 N–H and O–H groups in total. The fourth-order valence-electron chi connectivity index (χ4n) is 4.32. The molecule has 0 spiro atoms. The average molecular weight is 429 g/mol. The molecule has 3 heterocycles. The second-order valence-electron chi connectivity index (χ2n) is 8.03. The Hall–Kier alpha value is -3.94. The molecule has 0 atom stereocenters. The van der Waals surface area contributed by atoms with Crippen molar-refractivity contribution in [2.24, 2.45) is 7.05 Å². The number of hydrogen-bond acceptors (Lipinski definition) is 4. The maximum absolute atomic E-state index is 13.2. The van der Waals surface area contributed by atoms with Crippen LogP contribution in [0.5, 0.6) is 0 Å². The summed E-state index contributed by atoms with van der Waals surface area (Å²) in [6.07, 6.45) is 2.21. The quantitative estimate of drug-likeness (QED) is 0.539. The molecule has 162 valence electrons. The topological polar surface area (TPSA) is 91.3 Å². The predicted molar refractivity (Wildman–Crippen MR) is 121 cm³/mol. The standard InChI is InChI=1S/C24H23N5O3/c1-27-23(31)19-8-3-2-7-18(19)22(26-27)24(32)29-12-10-28(11-13-29)21(30)14-16-15-25-20-9-5-4-6-17(16)20/h2-9,15,25H,10-14H2,1H3. The number of piperazine rings is 1. The van der Waals surface area contributed by atoms with Crippen LogP contribution in [0.2, 0.25) is 0 Å². The van der Waals surface area contributed by atoms with Crippen molar-refractivity contribution in [1.82, 2.24) is 24.6 Å². The van der Waals surface area contributed by atoms with E-state index in [0.717, 1.165) is 16.5 Å². The minimum atomic E-state index is -0.232. The number of para-hydroxylation sites is 1. The lowest BCUT2D eigenvalue weighted by Crippen LogP contribution is -2.51. The van der Waals surface area contributed by atoms with Gasteiger partial charge in [0.2, 0.25) is 5.91 Å². The molecule has 1 fully saturated rings. The molecule has 5 rings (SSSR count). The normalized spacial score (nSPS) is 14.3. The predicted octanol–water partition coefficient (Wildman–Crippen LogP) is 1.94. The SMILES string of the molecule is Cn1nc(C(=O)N2CCN(C(=O)Cc3c[nH]c4ccccc34)CC2)c2ccccc2c1=O. The van der Waals surface area contributed by atoms with E-state index in [2.05, 4.69) is 10.1 Å². The number of aromatic nitrogens is 3. The number of rotatable bonds is 3. The summed E-state index contributed by atoms with van der Waals surface area (Å²) in [4.78, 5) is 45.1. The highest BCUT2D eigenvalue weighted by molar-refractivity contribution is 6.04. The maximum Gasteiger partial charge on any atom is 0.275 e. The Labute approximate surface area is 184 Å². The van der Waals surface area contributed by atoms with Crippen LogP contribution in [-0.4, -0.2) is 62.6 Å². The number of aryl methyl sites for hydroxylation is 1. The first-order valence-corrected chi connectivity index (χ1v) is 10.6. The van der Waals surface area contributed by atoms with Crippen LogP contribution in [0.1, 0.15) is 16.1 Å². The molecular weight excluding hydrogens is 406 g/mol. The zero-order valence-corrected chi connectivity index (χ0v) is 17.7. The first kappa shape index (κ1) is 20.0. The van der Waals surface area contributed by atoms with Gasteiger partial charge < -0.3 is 14.8 Å². The van der Waals surface area contributed by atoms with Gasteiger partial charge in [-0.1, -0.05) is 36.4 Å². The highest BCUT2D eigenvalue weighted by Crippen LogP contribution is 2.20. The van der Waals surface area contributed by atoms with Crippen molar-refractivity contribution in [2.45, 2.75) is 6.42 Å². The number of amides is 2. The summed E-state index contributed by atoms with van der Waals surface area (Å²) in [6, 6.07) is 14.9. The zero-order chi connectivity index (χ0) is 22.2. The molecule has 32 heavy (non-hydrogen) atoms. The Morgan fingerprint density at radius 2 is 1.53 bits per heavy atom. The van der Waals surface area contributed by atoms with Gasteiger partial charge in [0, 0.05) is 55.7 Å². The van der Waals surface area contributed by atoms with E-state index in [-0.39, 0.29) is 23.1 Å². The maximum atomic E-state index is 13.2. The number of hydrogen-bond donors (Lipinski definition) is 1. The van der Waals surface area contributed by atoms with Crippen LogP contribution in [0.3, 0.4) is 0 Å². The third-order valence-corrected chi connectivity index (χ3v) is 6.10. The minimum absolute atomic E-state index is 0.0486. The number of fused-ring (bicyclic) bond motifs is 2. The van der Waals surface area contributed by atoms with Gasteiger partial charge in [-0.3, -0.25) is 14.4 Å². The van der Waals surface area contributed by atoms with Crippen molar-refractivity contribution >= 4 is 33.5 Å². The Morgan fingerprint density at radius 1 is 0.906 bits per heavy atom. The summed E-state index contributed by atoms with van der Waals surface area (Å²) in [5.41, 5.74) is 2.03. The Kier molecular flexibility index (Phi) is 4.97. The number of carbonyl (C=O) groups excluding carboxylic acids is 2. The Morgan fingerprint density at radius 3 is 2.28 bits per heavy atom. The van der Waals surface area contributed by atoms with Crippen LogP contribution in [0.4, 0.5) is 0 Å². The van der Waals surface area contributed by atoms with E-state index in [1.165, 1.54) is 4.68 Å². The third kappa shape index (κ3) is 3.43. The van der Waals surface area contributed by atoms with Crippen LogP contribution in [0, 0.1) is 0 Å². The molecule has 8 nitrogen and oxygen atoms in total. The van der Waals surface area contributed by atoms with Crippen LogP contribution < -0.4 is 5.56 Å². The molecule has 0 unspecified atom stereocenters. The molecule has 2 amide bonds.